The Labute approximate surface area is 138 Å². The topological polar surface area (TPSA) is 102 Å². The summed E-state index contributed by atoms with van der Waals surface area (Å²) < 4.78 is 15.3. The summed E-state index contributed by atoms with van der Waals surface area (Å²) in [5, 5.41) is 20.0. The third-order valence-corrected chi connectivity index (χ3v) is 3.81. The SMILES string of the molecule is COc1cc(C(O)C(O)CSC(C)=O)cc(OC)c1OC(C)=O. The fourth-order valence-electron chi connectivity index (χ4n) is 1.83. The van der Waals surface area contributed by atoms with Crippen LogP contribution in [0.2, 0.25) is 0 Å². The van der Waals surface area contributed by atoms with Crippen LogP contribution in [0.1, 0.15) is 25.5 Å². The maximum absolute atomic E-state index is 11.2. The summed E-state index contributed by atoms with van der Waals surface area (Å²) in [4.78, 5) is 22.1. The van der Waals surface area contributed by atoms with Crippen LogP contribution in [-0.2, 0) is 9.59 Å². The summed E-state index contributed by atoms with van der Waals surface area (Å²) in [6.07, 6.45) is -2.41. The highest BCUT2D eigenvalue weighted by atomic mass is 32.2. The summed E-state index contributed by atoms with van der Waals surface area (Å²) >= 11 is 0.913. The van der Waals surface area contributed by atoms with E-state index in [1.807, 2.05) is 0 Å². The molecule has 23 heavy (non-hydrogen) atoms. The van der Waals surface area contributed by atoms with E-state index in [0.29, 0.717) is 5.56 Å². The Bertz CT molecular complexity index is 548. The van der Waals surface area contributed by atoms with E-state index in [2.05, 4.69) is 0 Å². The van der Waals surface area contributed by atoms with Crippen LogP contribution in [0.15, 0.2) is 12.1 Å². The average molecular weight is 344 g/mol. The number of thioether (sulfide) groups is 1. The van der Waals surface area contributed by atoms with Crippen molar-refractivity contribution in [3.05, 3.63) is 17.7 Å². The number of methoxy groups -OCH3 is 2. The van der Waals surface area contributed by atoms with Crippen molar-refractivity contribution < 1.29 is 34.0 Å². The number of carbonyl (C=O) groups is 2. The number of carbonyl (C=O) groups excluding carboxylic acids is 2. The molecule has 1 aromatic rings. The average Bonchev–Trinajstić information content (AvgIpc) is 2.51. The number of rotatable bonds is 7. The maximum atomic E-state index is 11.2. The number of aliphatic hydroxyl groups excluding tert-OH is 2. The summed E-state index contributed by atoms with van der Waals surface area (Å²) in [6.45, 7) is 2.62. The Balaban J connectivity index is 3.12. The lowest BCUT2D eigenvalue weighted by Gasteiger charge is -2.20. The van der Waals surface area contributed by atoms with Gasteiger partial charge < -0.3 is 24.4 Å². The second-order valence-electron chi connectivity index (χ2n) is 4.66. The van der Waals surface area contributed by atoms with Gasteiger partial charge in [-0.2, -0.15) is 0 Å². The van der Waals surface area contributed by atoms with Gasteiger partial charge in [-0.3, -0.25) is 9.59 Å². The number of aliphatic hydroxyl groups is 2. The first-order chi connectivity index (χ1) is 10.8. The third-order valence-electron chi connectivity index (χ3n) is 2.89. The van der Waals surface area contributed by atoms with Crippen LogP contribution in [0.25, 0.3) is 0 Å². The number of hydrogen-bond acceptors (Lipinski definition) is 8. The summed E-state index contributed by atoms with van der Waals surface area (Å²) in [6, 6.07) is 2.88. The summed E-state index contributed by atoms with van der Waals surface area (Å²) in [5.74, 6) is -0.0498. The molecule has 0 saturated carbocycles. The Hall–Kier alpha value is -1.77. The zero-order valence-corrected chi connectivity index (χ0v) is 14.2. The molecule has 0 amide bonds. The minimum Gasteiger partial charge on any atom is -0.493 e. The molecule has 0 aliphatic heterocycles. The largest absolute Gasteiger partial charge is 0.493 e. The van der Waals surface area contributed by atoms with Crippen molar-refractivity contribution >= 4 is 22.8 Å². The molecule has 0 radical (unpaired) electrons. The fraction of sp³-hybridized carbons (Fsp3) is 0.467. The quantitative estimate of drug-likeness (QED) is 0.564. The second-order valence-corrected chi connectivity index (χ2v) is 5.86. The van der Waals surface area contributed by atoms with Crippen LogP contribution < -0.4 is 14.2 Å². The molecule has 0 aromatic heterocycles. The van der Waals surface area contributed by atoms with Crippen LogP contribution in [-0.4, -0.2) is 47.4 Å². The monoisotopic (exact) mass is 344 g/mol. The first kappa shape index (κ1) is 19.3. The first-order valence-electron chi connectivity index (χ1n) is 6.74. The van der Waals surface area contributed by atoms with Gasteiger partial charge in [-0.1, -0.05) is 11.8 Å². The molecule has 2 atom stereocenters. The van der Waals surface area contributed by atoms with Gasteiger partial charge in [0.25, 0.3) is 0 Å². The molecule has 1 aromatic carbocycles. The van der Waals surface area contributed by atoms with E-state index in [9.17, 15) is 19.8 Å². The number of ether oxygens (including phenoxy) is 3. The van der Waals surface area contributed by atoms with Gasteiger partial charge in [-0.05, 0) is 17.7 Å². The van der Waals surface area contributed by atoms with Gasteiger partial charge in [0.05, 0.1) is 20.3 Å². The van der Waals surface area contributed by atoms with Gasteiger partial charge in [0.15, 0.2) is 16.6 Å². The minimum atomic E-state index is -1.25. The molecular weight excluding hydrogens is 324 g/mol. The Morgan fingerprint density at radius 3 is 2.04 bits per heavy atom. The van der Waals surface area contributed by atoms with E-state index in [-0.39, 0.29) is 28.1 Å². The molecule has 128 valence electrons. The molecule has 0 heterocycles. The maximum Gasteiger partial charge on any atom is 0.308 e. The predicted octanol–water partition coefficient (Wildman–Crippen LogP) is 1.30. The predicted molar refractivity (Wildman–Crippen MR) is 85.0 cm³/mol. The molecule has 2 unspecified atom stereocenters. The zero-order valence-electron chi connectivity index (χ0n) is 13.4. The van der Waals surface area contributed by atoms with Crippen molar-refractivity contribution in [1.82, 2.24) is 0 Å². The van der Waals surface area contributed by atoms with Crippen LogP contribution >= 0.6 is 11.8 Å². The molecule has 2 N–H and O–H groups in total. The van der Waals surface area contributed by atoms with Crippen LogP contribution in [0.5, 0.6) is 17.2 Å². The fourth-order valence-corrected chi connectivity index (χ4v) is 2.42. The van der Waals surface area contributed by atoms with E-state index in [4.69, 9.17) is 14.2 Å². The molecule has 7 nitrogen and oxygen atoms in total. The lowest BCUT2D eigenvalue weighted by molar-refractivity contribution is -0.132. The minimum absolute atomic E-state index is 0.0484. The van der Waals surface area contributed by atoms with E-state index in [1.54, 1.807) is 0 Å². The van der Waals surface area contributed by atoms with Crippen molar-refractivity contribution in [2.45, 2.75) is 26.1 Å². The van der Waals surface area contributed by atoms with E-state index in [1.165, 1.54) is 40.2 Å². The summed E-state index contributed by atoms with van der Waals surface area (Å²) in [5.41, 5.74) is 0.311. The highest BCUT2D eigenvalue weighted by Crippen LogP contribution is 2.40. The van der Waals surface area contributed by atoms with Crippen molar-refractivity contribution in [2.75, 3.05) is 20.0 Å². The van der Waals surface area contributed by atoms with Crippen molar-refractivity contribution in [3.8, 4) is 17.2 Å². The smallest absolute Gasteiger partial charge is 0.308 e. The first-order valence-corrected chi connectivity index (χ1v) is 7.72. The molecule has 8 heteroatoms. The highest BCUT2D eigenvalue weighted by molar-refractivity contribution is 8.13. The van der Waals surface area contributed by atoms with Crippen LogP contribution in [0.4, 0.5) is 0 Å². The summed E-state index contributed by atoms with van der Waals surface area (Å²) in [7, 11) is 2.75. The van der Waals surface area contributed by atoms with Crippen LogP contribution in [0.3, 0.4) is 0 Å². The van der Waals surface area contributed by atoms with Crippen molar-refractivity contribution in [3.63, 3.8) is 0 Å². The van der Waals surface area contributed by atoms with Crippen LogP contribution in [0, 0.1) is 0 Å². The van der Waals surface area contributed by atoms with Gasteiger partial charge in [0.2, 0.25) is 5.75 Å². The third kappa shape index (κ3) is 5.42. The van der Waals surface area contributed by atoms with Crippen molar-refractivity contribution in [2.24, 2.45) is 0 Å². The van der Waals surface area contributed by atoms with Gasteiger partial charge >= 0.3 is 5.97 Å². The zero-order chi connectivity index (χ0) is 17.6. The lowest BCUT2D eigenvalue weighted by atomic mass is 10.0. The molecule has 0 bridgehead atoms. The van der Waals surface area contributed by atoms with Gasteiger partial charge in [0, 0.05) is 19.6 Å². The molecule has 0 fully saturated rings. The highest BCUT2D eigenvalue weighted by Gasteiger charge is 2.24. The molecule has 0 saturated heterocycles. The van der Waals surface area contributed by atoms with E-state index >= 15 is 0 Å². The Morgan fingerprint density at radius 2 is 1.65 bits per heavy atom. The van der Waals surface area contributed by atoms with E-state index < -0.39 is 18.2 Å². The van der Waals surface area contributed by atoms with Crippen molar-refractivity contribution in [1.29, 1.82) is 0 Å². The molecule has 1 rings (SSSR count). The second kappa shape index (κ2) is 8.76. The number of hydrogen-bond donors (Lipinski definition) is 2. The molecule has 0 aliphatic rings. The number of benzene rings is 1. The Kier molecular flexibility index (Phi) is 7.34. The lowest BCUT2D eigenvalue weighted by Crippen LogP contribution is -2.21. The van der Waals surface area contributed by atoms with Gasteiger partial charge in [-0.15, -0.1) is 0 Å². The standard InChI is InChI=1S/C15H20O7S/c1-8(16)22-15-12(20-3)5-10(6-13(15)21-4)14(19)11(18)7-23-9(2)17/h5-6,11,14,18-19H,7H2,1-4H3. The number of esters is 1. The molecule has 0 spiro atoms. The van der Waals surface area contributed by atoms with Gasteiger partial charge in [-0.25, -0.2) is 0 Å². The molecular formula is C15H20O7S. The molecule has 0 aliphatic carbocycles. The Morgan fingerprint density at radius 1 is 1.13 bits per heavy atom. The van der Waals surface area contributed by atoms with E-state index in [0.717, 1.165) is 11.8 Å². The van der Waals surface area contributed by atoms with Gasteiger partial charge in [0.1, 0.15) is 6.10 Å². The normalized spacial score (nSPS) is 13.1.